The van der Waals surface area contributed by atoms with Crippen molar-refractivity contribution in [2.75, 3.05) is 0 Å². The molecule has 4 nitrogen and oxygen atoms in total. The predicted octanol–water partition coefficient (Wildman–Crippen LogP) is 6.83. The van der Waals surface area contributed by atoms with Crippen molar-refractivity contribution in [1.29, 1.82) is 0 Å². The number of rotatable bonds is 10. The predicted molar refractivity (Wildman–Crippen MR) is 121 cm³/mol. The van der Waals surface area contributed by atoms with Gasteiger partial charge in [0.2, 0.25) is 0 Å². The molecule has 0 heterocycles. The molecule has 0 spiro atoms. The average molecular weight is 409 g/mol. The zero-order valence-corrected chi connectivity index (χ0v) is 18.5. The Bertz CT molecular complexity index is 787. The van der Waals surface area contributed by atoms with Crippen molar-refractivity contribution >= 4 is 23.1 Å². The van der Waals surface area contributed by atoms with Gasteiger partial charge in [-0.05, 0) is 72.2 Å². The molecule has 0 atom stereocenters. The van der Waals surface area contributed by atoms with Gasteiger partial charge in [-0.3, -0.25) is 9.59 Å². The second kappa shape index (κ2) is 12.0. The lowest BCUT2D eigenvalue weighted by molar-refractivity contribution is -0.135. The summed E-state index contributed by atoms with van der Waals surface area (Å²) < 4.78 is 10.7. The maximum Gasteiger partial charge on any atom is 0.311 e. The summed E-state index contributed by atoms with van der Waals surface area (Å²) in [7, 11) is 0. The van der Waals surface area contributed by atoms with E-state index in [4.69, 9.17) is 9.47 Å². The fourth-order valence-corrected chi connectivity index (χ4v) is 3.41. The fourth-order valence-electron chi connectivity index (χ4n) is 3.41. The molecule has 0 aliphatic heterocycles. The third-order valence-corrected chi connectivity index (χ3v) is 4.85. The molecule has 2 rings (SSSR count). The van der Waals surface area contributed by atoms with E-state index in [1.807, 2.05) is 62.4 Å². The standard InChI is InChI=1S/C26H32O4/c1-5-9-25(27)29-21-15-11-19(12-16-21)23(7-3)24(8-4)20-13-17-22(18-14-20)30-26(28)10-6-2/h11-18H,5-10H2,1-4H3. The number of carbonyl (C=O) groups is 2. The summed E-state index contributed by atoms with van der Waals surface area (Å²) in [6.45, 7) is 8.19. The molecule has 0 unspecified atom stereocenters. The van der Waals surface area contributed by atoms with E-state index in [0.717, 1.165) is 36.8 Å². The number of benzene rings is 2. The first-order valence-corrected chi connectivity index (χ1v) is 10.9. The van der Waals surface area contributed by atoms with Gasteiger partial charge in [-0.25, -0.2) is 0 Å². The molecule has 0 bridgehead atoms. The quantitative estimate of drug-likeness (QED) is 0.246. The fraction of sp³-hybridized carbons (Fsp3) is 0.385. The Kier molecular flexibility index (Phi) is 9.33. The van der Waals surface area contributed by atoms with Crippen LogP contribution >= 0.6 is 0 Å². The minimum absolute atomic E-state index is 0.203. The zero-order valence-electron chi connectivity index (χ0n) is 18.5. The number of hydrogen-bond acceptors (Lipinski definition) is 4. The molecule has 160 valence electrons. The molecule has 0 fully saturated rings. The van der Waals surface area contributed by atoms with E-state index in [1.54, 1.807) is 0 Å². The van der Waals surface area contributed by atoms with Crippen LogP contribution in [0.1, 0.15) is 77.3 Å². The summed E-state index contributed by atoms with van der Waals surface area (Å²) in [6.07, 6.45) is 4.15. The first-order chi connectivity index (χ1) is 14.5. The van der Waals surface area contributed by atoms with Gasteiger partial charge in [0, 0.05) is 12.8 Å². The van der Waals surface area contributed by atoms with Crippen molar-refractivity contribution in [1.82, 2.24) is 0 Å². The average Bonchev–Trinajstić information content (AvgIpc) is 2.74. The minimum atomic E-state index is -0.203. The molecule has 0 amide bonds. The summed E-state index contributed by atoms with van der Waals surface area (Å²) in [6, 6.07) is 15.4. The Morgan fingerprint density at radius 2 is 0.933 bits per heavy atom. The Hall–Kier alpha value is -2.88. The van der Waals surface area contributed by atoms with E-state index >= 15 is 0 Å². The summed E-state index contributed by atoms with van der Waals surface area (Å²) in [5.74, 6) is 0.740. The minimum Gasteiger partial charge on any atom is -0.427 e. The Labute approximate surface area is 179 Å². The van der Waals surface area contributed by atoms with Gasteiger partial charge in [0.1, 0.15) is 11.5 Å². The van der Waals surface area contributed by atoms with Gasteiger partial charge in [0.05, 0.1) is 0 Å². The summed E-state index contributed by atoms with van der Waals surface area (Å²) in [4.78, 5) is 23.4. The summed E-state index contributed by atoms with van der Waals surface area (Å²) in [5.41, 5.74) is 4.73. The third-order valence-electron chi connectivity index (χ3n) is 4.85. The molecule has 0 radical (unpaired) electrons. The smallest absolute Gasteiger partial charge is 0.311 e. The van der Waals surface area contributed by atoms with Crippen molar-refractivity contribution in [3.8, 4) is 11.5 Å². The van der Waals surface area contributed by atoms with Gasteiger partial charge in [-0.1, -0.05) is 52.0 Å². The highest BCUT2D eigenvalue weighted by Crippen LogP contribution is 2.33. The number of esters is 2. The summed E-state index contributed by atoms with van der Waals surface area (Å²) >= 11 is 0. The van der Waals surface area contributed by atoms with E-state index in [9.17, 15) is 9.59 Å². The van der Waals surface area contributed by atoms with Crippen LogP contribution in [-0.2, 0) is 9.59 Å². The van der Waals surface area contributed by atoms with Crippen LogP contribution in [0.25, 0.3) is 11.1 Å². The van der Waals surface area contributed by atoms with Crippen LogP contribution in [0, 0.1) is 0 Å². The van der Waals surface area contributed by atoms with Gasteiger partial charge in [0.25, 0.3) is 0 Å². The highest BCUT2D eigenvalue weighted by molar-refractivity contribution is 5.91. The molecule has 0 saturated heterocycles. The van der Waals surface area contributed by atoms with Gasteiger partial charge < -0.3 is 9.47 Å². The Balaban J connectivity index is 2.25. The van der Waals surface area contributed by atoms with Gasteiger partial charge in [-0.2, -0.15) is 0 Å². The van der Waals surface area contributed by atoms with E-state index in [1.165, 1.54) is 11.1 Å². The highest BCUT2D eigenvalue weighted by atomic mass is 16.5. The van der Waals surface area contributed by atoms with E-state index < -0.39 is 0 Å². The normalized spacial score (nSPS) is 11.6. The largest absolute Gasteiger partial charge is 0.427 e. The lowest BCUT2D eigenvalue weighted by Crippen LogP contribution is -2.06. The Morgan fingerprint density at radius 3 is 1.20 bits per heavy atom. The van der Waals surface area contributed by atoms with Crippen molar-refractivity contribution in [3.63, 3.8) is 0 Å². The molecular formula is C26H32O4. The second-order valence-corrected chi connectivity index (χ2v) is 7.16. The van der Waals surface area contributed by atoms with Crippen molar-refractivity contribution in [3.05, 3.63) is 59.7 Å². The molecule has 2 aromatic carbocycles. The first kappa shape index (κ1) is 23.4. The number of ether oxygens (including phenoxy) is 2. The SMILES string of the molecule is CCCC(=O)Oc1ccc(C(CC)=C(CC)c2ccc(OC(=O)CCC)cc2)cc1. The molecule has 0 aromatic heterocycles. The van der Waals surface area contributed by atoms with Crippen LogP contribution < -0.4 is 9.47 Å². The van der Waals surface area contributed by atoms with E-state index in [2.05, 4.69) is 13.8 Å². The van der Waals surface area contributed by atoms with Crippen LogP contribution in [0.4, 0.5) is 0 Å². The maximum atomic E-state index is 11.7. The Morgan fingerprint density at radius 1 is 0.600 bits per heavy atom. The van der Waals surface area contributed by atoms with Crippen LogP contribution in [-0.4, -0.2) is 11.9 Å². The number of carbonyl (C=O) groups excluding carboxylic acids is 2. The molecule has 0 N–H and O–H groups in total. The number of hydrogen-bond donors (Lipinski definition) is 0. The first-order valence-electron chi connectivity index (χ1n) is 10.9. The maximum absolute atomic E-state index is 11.7. The topological polar surface area (TPSA) is 52.6 Å². The molecule has 0 aliphatic rings. The van der Waals surface area contributed by atoms with Gasteiger partial charge in [0.15, 0.2) is 0 Å². The van der Waals surface area contributed by atoms with Crippen LogP contribution in [0.2, 0.25) is 0 Å². The van der Waals surface area contributed by atoms with Crippen LogP contribution in [0.3, 0.4) is 0 Å². The molecule has 2 aromatic rings. The highest BCUT2D eigenvalue weighted by Gasteiger charge is 2.11. The lowest BCUT2D eigenvalue weighted by Gasteiger charge is -2.15. The molecule has 4 heteroatoms. The van der Waals surface area contributed by atoms with Gasteiger partial charge in [-0.15, -0.1) is 0 Å². The van der Waals surface area contributed by atoms with Crippen LogP contribution in [0.5, 0.6) is 11.5 Å². The molecular weight excluding hydrogens is 376 g/mol. The molecule has 30 heavy (non-hydrogen) atoms. The molecule has 0 aliphatic carbocycles. The van der Waals surface area contributed by atoms with Crippen molar-refractivity contribution < 1.29 is 19.1 Å². The zero-order chi connectivity index (χ0) is 21.9. The monoisotopic (exact) mass is 408 g/mol. The summed E-state index contributed by atoms with van der Waals surface area (Å²) in [5, 5.41) is 0. The van der Waals surface area contributed by atoms with Gasteiger partial charge >= 0.3 is 11.9 Å². The molecule has 0 saturated carbocycles. The second-order valence-electron chi connectivity index (χ2n) is 7.16. The number of allylic oxidation sites excluding steroid dienone is 2. The third kappa shape index (κ3) is 6.58. The van der Waals surface area contributed by atoms with Crippen LogP contribution in [0.15, 0.2) is 48.5 Å². The van der Waals surface area contributed by atoms with E-state index in [-0.39, 0.29) is 11.9 Å². The van der Waals surface area contributed by atoms with E-state index in [0.29, 0.717) is 24.3 Å². The van der Waals surface area contributed by atoms with Crippen molar-refractivity contribution in [2.24, 2.45) is 0 Å². The van der Waals surface area contributed by atoms with Crippen molar-refractivity contribution in [2.45, 2.75) is 66.2 Å². The lowest BCUT2D eigenvalue weighted by atomic mass is 9.91.